The van der Waals surface area contributed by atoms with Crippen LogP contribution in [0.2, 0.25) is 0 Å². The van der Waals surface area contributed by atoms with Crippen molar-refractivity contribution in [1.82, 2.24) is 0 Å². The van der Waals surface area contributed by atoms with Crippen molar-refractivity contribution in [2.24, 2.45) is 0 Å². The molecule has 0 unspecified atom stereocenters. The van der Waals surface area contributed by atoms with E-state index >= 15 is 0 Å². The molecule has 0 heterocycles. The van der Waals surface area contributed by atoms with Gasteiger partial charge in [0, 0.05) is 46.4 Å². The first-order valence-electron chi connectivity index (χ1n) is 13.1. The maximum atomic E-state index is 2.32. The van der Waals surface area contributed by atoms with E-state index in [1.165, 1.54) is 29.4 Å². The third kappa shape index (κ3) is 6.83. The minimum atomic E-state index is 1.13. The fourth-order valence-corrected chi connectivity index (χ4v) is 6.82. The molecule has 194 valence electrons. The Labute approximate surface area is 249 Å². The topological polar surface area (TPSA) is 3.24 Å². The standard InChI is InChI=1S/C36H27NS3/c1-4-10-31(11-5-1)38-34-22-16-28(17-23-34)37(29-18-24-35(25-19-29)39-32-12-6-2-7-13-32)30-20-26-36(27-21-30)40-33-14-8-3-9-15-33/h1-27H. The molecule has 40 heavy (non-hydrogen) atoms. The van der Waals surface area contributed by atoms with Crippen molar-refractivity contribution in [1.29, 1.82) is 0 Å². The molecular weight excluding hydrogens is 543 g/mol. The number of hydrogen-bond acceptors (Lipinski definition) is 4. The highest BCUT2D eigenvalue weighted by molar-refractivity contribution is 7.99. The summed E-state index contributed by atoms with van der Waals surface area (Å²) in [5.74, 6) is 0. The first-order valence-corrected chi connectivity index (χ1v) is 15.5. The second kappa shape index (κ2) is 13.0. The summed E-state index contributed by atoms with van der Waals surface area (Å²) in [5.41, 5.74) is 3.39. The Morgan fingerprint density at radius 1 is 0.250 bits per heavy atom. The van der Waals surface area contributed by atoms with Gasteiger partial charge in [-0.05, 0) is 109 Å². The Morgan fingerprint density at radius 3 is 0.725 bits per heavy atom. The molecule has 0 aromatic heterocycles. The molecular formula is C36H27NS3. The van der Waals surface area contributed by atoms with Gasteiger partial charge < -0.3 is 4.90 Å². The van der Waals surface area contributed by atoms with Crippen molar-refractivity contribution in [3.8, 4) is 0 Å². The van der Waals surface area contributed by atoms with Gasteiger partial charge in [0.2, 0.25) is 0 Å². The fourth-order valence-electron chi connectivity index (χ4n) is 4.31. The smallest absolute Gasteiger partial charge is 0.0462 e. The van der Waals surface area contributed by atoms with Crippen molar-refractivity contribution in [3.05, 3.63) is 164 Å². The van der Waals surface area contributed by atoms with Crippen molar-refractivity contribution < 1.29 is 0 Å². The van der Waals surface area contributed by atoms with Gasteiger partial charge in [0.05, 0.1) is 0 Å². The Hall–Kier alpha value is -3.83. The molecule has 4 heteroatoms. The average Bonchev–Trinajstić information content (AvgIpc) is 3.01. The zero-order valence-corrected chi connectivity index (χ0v) is 24.2. The van der Waals surface area contributed by atoms with Crippen LogP contribution in [-0.4, -0.2) is 0 Å². The van der Waals surface area contributed by atoms with Gasteiger partial charge in [0.1, 0.15) is 0 Å². The van der Waals surface area contributed by atoms with E-state index in [1.807, 2.05) is 0 Å². The Balaban J connectivity index is 1.28. The summed E-state index contributed by atoms with van der Waals surface area (Å²) in [6.45, 7) is 0. The molecule has 0 atom stereocenters. The van der Waals surface area contributed by atoms with Crippen LogP contribution in [-0.2, 0) is 0 Å². The zero-order valence-electron chi connectivity index (χ0n) is 21.8. The van der Waals surface area contributed by atoms with Crippen molar-refractivity contribution >= 4 is 52.3 Å². The second-order valence-electron chi connectivity index (χ2n) is 9.06. The zero-order chi connectivity index (χ0) is 27.0. The van der Waals surface area contributed by atoms with Crippen LogP contribution in [0.15, 0.2) is 193 Å². The molecule has 0 fully saturated rings. The predicted molar refractivity (Wildman–Crippen MR) is 173 cm³/mol. The normalized spacial score (nSPS) is 10.8. The third-order valence-corrected chi connectivity index (χ3v) is 9.27. The Morgan fingerprint density at radius 2 is 0.475 bits per heavy atom. The van der Waals surface area contributed by atoms with Crippen molar-refractivity contribution in [2.75, 3.05) is 4.90 Å². The Kier molecular flexibility index (Phi) is 8.59. The van der Waals surface area contributed by atoms with Gasteiger partial charge in [-0.2, -0.15) is 0 Å². The van der Waals surface area contributed by atoms with E-state index < -0.39 is 0 Å². The molecule has 0 radical (unpaired) electrons. The summed E-state index contributed by atoms with van der Waals surface area (Å²) in [4.78, 5) is 9.71. The number of benzene rings is 6. The molecule has 0 spiro atoms. The fraction of sp³-hybridized carbons (Fsp3) is 0. The minimum absolute atomic E-state index is 1.13. The van der Waals surface area contributed by atoms with Gasteiger partial charge in [-0.15, -0.1) is 0 Å². The summed E-state index contributed by atoms with van der Waals surface area (Å²) in [7, 11) is 0. The summed E-state index contributed by atoms with van der Waals surface area (Å²) in [5, 5.41) is 0. The minimum Gasteiger partial charge on any atom is -0.311 e. The van der Waals surface area contributed by atoms with Gasteiger partial charge in [0.25, 0.3) is 0 Å². The third-order valence-electron chi connectivity index (χ3n) is 6.22. The van der Waals surface area contributed by atoms with Gasteiger partial charge in [0.15, 0.2) is 0 Å². The lowest BCUT2D eigenvalue weighted by Crippen LogP contribution is -2.09. The highest BCUT2D eigenvalue weighted by Crippen LogP contribution is 2.39. The molecule has 0 saturated heterocycles. The van der Waals surface area contributed by atoms with Crippen LogP contribution >= 0.6 is 35.3 Å². The lowest BCUT2D eigenvalue weighted by atomic mass is 10.2. The number of hydrogen-bond donors (Lipinski definition) is 0. The number of nitrogens with zero attached hydrogens (tertiary/aromatic N) is 1. The molecule has 0 N–H and O–H groups in total. The SMILES string of the molecule is c1ccc(Sc2ccc(N(c3ccc(Sc4ccccc4)cc3)c3ccc(Sc4ccccc4)cc3)cc2)cc1. The van der Waals surface area contributed by atoms with Crippen LogP contribution in [0.25, 0.3) is 0 Å². The molecule has 0 aliphatic rings. The monoisotopic (exact) mass is 569 g/mol. The van der Waals surface area contributed by atoms with E-state index in [-0.39, 0.29) is 0 Å². The highest BCUT2D eigenvalue weighted by Gasteiger charge is 2.13. The van der Waals surface area contributed by atoms with Gasteiger partial charge in [-0.3, -0.25) is 0 Å². The van der Waals surface area contributed by atoms with E-state index in [0.29, 0.717) is 0 Å². The second-order valence-corrected chi connectivity index (χ2v) is 12.5. The summed E-state index contributed by atoms with van der Waals surface area (Å²) < 4.78 is 0. The quantitative estimate of drug-likeness (QED) is 0.170. The largest absolute Gasteiger partial charge is 0.311 e. The average molecular weight is 570 g/mol. The van der Waals surface area contributed by atoms with Gasteiger partial charge in [-0.25, -0.2) is 0 Å². The van der Waals surface area contributed by atoms with Crippen LogP contribution < -0.4 is 4.90 Å². The summed E-state index contributed by atoms with van der Waals surface area (Å²) in [6.07, 6.45) is 0. The van der Waals surface area contributed by atoms with E-state index in [4.69, 9.17) is 0 Å². The van der Waals surface area contributed by atoms with Gasteiger partial charge >= 0.3 is 0 Å². The molecule has 0 aliphatic carbocycles. The van der Waals surface area contributed by atoms with Crippen LogP contribution in [0.3, 0.4) is 0 Å². The van der Waals surface area contributed by atoms with Crippen LogP contribution in [0, 0.1) is 0 Å². The van der Waals surface area contributed by atoms with Crippen molar-refractivity contribution in [2.45, 2.75) is 29.4 Å². The lowest BCUT2D eigenvalue weighted by Gasteiger charge is -2.26. The molecule has 0 bridgehead atoms. The maximum Gasteiger partial charge on any atom is 0.0462 e. The molecule has 1 nitrogen and oxygen atoms in total. The first kappa shape index (κ1) is 26.4. The molecule has 0 amide bonds. The summed E-state index contributed by atoms with van der Waals surface area (Å²) in [6, 6.07) is 58.1. The van der Waals surface area contributed by atoms with Gasteiger partial charge in [-0.1, -0.05) is 89.9 Å². The molecule has 6 aromatic carbocycles. The van der Waals surface area contributed by atoms with Crippen LogP contribution in [0.5, 0.6) is 0 Å². The van der Waals surface area contributed by atoms with E-state index in [9.17, 15) is 0 Å². The highest BCUT2D eigenvalue weighted by atomic mass is 32.2. The van der Waals surface area contributed by atoms with E-state index in [2.05, 4.69) is 169 Å². The number of rotatable bonds is 9. The Bertz CT molecular complexity index is 1420. The predicted octanol–water partition coefficient (Wildman–Crippen LogP) is 11.6. The maximum absolute atomic E-state index is 2.32. The van der Waals surface area contributed by atoms with Crippen LogP contribution in [0.4, 0.5) is 17.1 Å². The van der Waals surface area contributed by atoms with Crippen LogP contribution in [0.1, 0.15) is 0 Å². The lowest BCUT2D eigenvalue weighted by molar-refractivity contribution is 1.24. The number of anilines is 3. The molecule has 6 rings (SSSR count). The molecule has 0 aliphatic heterocycles. The first-order chi connectivity index (χ1) is 19.8. The molecule has 6 aromatic rings. The van der Waals surface area contributed by atoms with E-state index in [1.54, 1.807) is 35.3 Å². The summed E-state index contributed by atoms with van der Waals surface area (Å²) >= 11 is 5.34. The van der Waals surface area contributed by atoms with Crippen molar-refractivity contribution in [3.63, 3.8) is 0 Å². The molecule has 0 saturated carbocycles. The van der Waals surface area contributed by atoms with E-state index in [0.717, 1.165) is 17.1 Å².